The Hall–Kier alpha value is -2.14. The summed E-state index contributed by atoms with van der Waals surface area (Å²) in [4.78, 5) is 0. The van der Waals surface area contributed by atoms with Gasteiger partial charge in [-0.3, -0.25) is 0 Å². The van der Waals surface area contributed by atoms with Crippen molar-refractivity contribution in [2.45, 2.75) is 19.3 Å². The number of rotatable bonds is 4. The molecule has 0 bridgehead atoms. The van der Waals surface area contributed by atoms with Crippen molar-refractivity contribution in [1.82, 2.24) is 0 Å². The number of hydrogen-bond donors (Lipinski definition) is 0. The van der Waals surface area contributed by atoms with Crippen molar-refractivity contribution in [1.29, 1.82) is 5.26 Å². The van der Waals surface area contributed by atoms with Crippen LogP contribution >= 0.6 is 0 Å². The predicted molar refractivity (Wildman–Crippen MR) is 70.4 cm³/mol. The fraction of sp³-hybridized carbons (Fsp3) is 0.188. The minimum atomic E-state index is -0.199. The molecule has 0 aliphatic carbocycles. The van der Waals surface area contributed by atoms with Gasteiger partial charge in [0.05, 0.1) is 6.07 Å². The number of halogens is 1. The van der Waals surface area contributed by atoms with Crippen molar-refractivity contribution < 1.29 is 4.39 Å². The van der Waals surface area contributed by atoms with Gasteiger partial charge in [0.2, 0.25) is 0 Å². The maximum atomic E-state index is 13.6. The molecule has 0 saturated heterocycles. The molecule has 0 amide bonds. The zero-order valence-corrected chi connectivity index (χ0v) is 10.1. The first-order chi connectivity index (χ1) is 8.81. The summed E-state index contributed by atoms with van der Waals surface area (Å²) in [5.41, 5.74) is 2.70. The van der Waals surface area contributed by atoms with E-state index in [1.807, 2.05) is 30.3 Å². The SMILES string of the molecule is N#CCCCc1ccc(-c2ccccc2F)cc1. The lowest BCUT2D eigenvalue weighted by molar-refractivity contribution is 0.631. The summed E-state index contributed by atoms with van der Waals surface area (Å²) in [6.07, 6.45) is 2.34. The fourth-order valence-corrected chi connectivity index (χ4v) is 1.92. The summed E-state index contributed by atoms with van der Waals surface area (Å²) in [6.45, 7) is 0. The van der Waals surface area contributed by atoms with Gasteiger partial charge in [-0.15, -0.1) is 0 Å². The van der Waals surface area contributed by atoms with E-state index in [0.29, 0.717) is 12.0 Å². The van der Waals surface area contributed by atoms with Gasteiger partial charge in [0, 0.05) is 12.0 Å². The first-order valence-electron chi connectivity index (χ1n) is 6.02. The second-order valence-corrected chi connectivity index (χ2v) is 4.19. The molecule has 2 aromatic carbocycles. The summed E-state index contributed by atoms with van der Waals surface area (Å²) in [6, 6.07) is 16.8. The Morgan fingerprint density at radius 3 is 2.39 bits per heavy atom. The highest BCUT2D eigenvalue weighted by atomic mass is 19.1. The molecule has 2 rings (SSSR count). The topological polar surface area (TPSA) is 23.8 Å². The van der Waals surface area contributed by atoms with Gasteiger partial charge in [-0.1, -0.05) is 42.5 Å². The molecule has 1 nitrogen and oxygen atoms in total. The standard InChI is InChI=1S/C16H14FN/c17-16-7-2-1-6-15(16)14-10-8-13(9-11-14)5-3-4-12-18/h1-2,6-11H,3-5H2. The normalized spacial score (nSPS) is 10.0. The Labute approximate surface area is 107 Å². The van der Waals surface area contributed by atoms with E-state index in [4.69, 9.17) is 5.26 Å². The van der Waals surface area contributed by atoms with Gasteiger partial charge in [-0.25, -0.2) is 4.39 Å². The Morgan fingerprint density at radius 2 is 1.72 bits per heavy atom. The van der Waals surface area contributed by atoms with Crippen molar-refractivity contribution in [2.24, 2.45) is 0 Å². The van der Waals surface area contributed by atoms with E-state index in [1.54, 1.807) is 12.1 Å². The number of nitriles is 1. The third-order valence-electron chi connectivity index (χ3n) is 2.89. The molecule has 2 heteroatoms. The zero-order valence-electron chi connectivity index (χ0n) is 10.1. The molecule has 0 heterocycles. The molecule has 0 aliphatic rings. The average molecular weight is 239 g/mol. The molecular formula is C16H14FN. The Morgan fingerprint density at radius 1 is 1.00 bits per heavy atom. The fourth-order valence-electron chi connectivity index (χ4n) is 1.92. The highest BCUT2D eigenvalue weighted by molar-refractivity contribution is 5.64. The third-order valence-corrected chi connectivity index (χ3v) is 2.89. The second kappa shape index (κ2) is 5.97. The molecular weight excluding hydrogens is 225 g/mol. The lowest BCUT2D eigenvalue weighted by Crippen LogP contribution is -1.87. The van der Waals surface area contributed by atoms with Gasteiger partial charge in [0.25, 0.3) is 0 Å². The van der Waals surface area contributed by atoms with Gasteiger partial charge < -0.3 is 0 Å². The molecule has 0 atom stereocenters. The van der Waals surface area contributed by atoms with Crippen LogP contribution in [0.1, 0.15) is 18.4 Å². The van der Waals surface area contributed by atoms with E-state index >= 15 is 0 Å². The highest BCUT2D eigenvalue weighted by Crippen LogP contribution is 2.23. The molecule has 0 aromatic heterocycles. The molecule has 90 valence electrons. The van der Waals surface area contributed by atoms with Crippen LogP contribution in [0.3, 0.4) is 0 Å². The summed E-state index contributed by atoms with van der Waals surface area (Å²) in [7, 11) is 0. The van der Waals surface area contributed by atoms with Crippen LogP contribution in [-0.2, 0) is 6.42 Å². The van der Waals surface area contributed by atoms with E-state index in [1.165, 1.54) is 11.6 Å². The third kappa shape index (κ3) is 2.95. The van der Waals surface area contributed by atoms with E-state index in [9.17, 15) is 4.39 Å². The van der Waals surface area contributed by atoms with Crippen LogP contribution in [0.4, 0.5) is 4.39 Å². The van der Waals surface area contributed by atoms with Crippen molar-refractivity contribution in [2.75, 3.05) is 0 Å². The van der Waals surface area contributed by atoms with E-state index in [-0.39, 0.29) is 5.82 Å². The van der Waals surface area contributed by atoms with Crippen LogP contribution in [0.15, 0.2) is 48.5 Å². The second-order valence-electron chi connectivity index (χ2n) is 4.19. The summed E-state index contributed by atoms with van der Waals surface area (Å²) in [5.74, 6) is -0.199. The molecule has 0 spiro atoms. The van der Waals surface area contributed by atoms with E-state index in [0.717, 1.165) is 18.4 Å². The van der Waals surface area contributed by atoms with Crippen LogP contribution in [0.2, 0.25) is 0 Å². The van der Waals surface area contributed by atoms with Crippen LogP contribution in [-0.4, -0.2) is 0 Å². The van der Waals surface area contributed by atoms with E-state index in [2.05, 4.69) is 6.07 Å². The first-order valence-corrected chi connectivity index (χ1v) is 6.02. The number of aryl methyl sites for hydroxylation is 1. The molecule has 18 heavy (non-hydrogen) atoms. The molecule has 0 fully saturated rings. The number of hydrogen-bond acceptors (Lipinski definition) is 1. The zero-order chi connectivity index (χ0) is 12.8. The van der Waals surface area contributed by atoms with Crippen LogP contribution in [0.25, 0.3) is 11.1 Å². The number of nitrogens with zero attached hydrogens (tertiary/aromatic N) is 1. The van der Waals surface area contributed by atoms with Gasteiger partial charge in [-0.2, -0.15) is 5.26 Å². The lowest BCUT2D eigenvalue weighted by Gasteiger charge is -2.05. The number of unbranched alkanes of at least 4 members (excludes halogenated alkanes) is 1. The minimum Gasteiger partial charge on any atom is -0.206 e. The van der Waals surface area contributed by atoms with Crippen LogP contribution in [0.5, 0.6) is 0 Å². The molecule has 0 unspecified atom stereocenters. The molecule has 0 aliphatic heterocycles. The minimum absolute atomic E-state index is 0.199. The molecule has 0 saturated carbocycles. The summed E-state index contributed by atoms with van der Waals surface area (Å²) in [5, 5.41) is 8.48. The maximum Gasteiger partial charge on any atom is 0.131 e. The largest absolute Gasteiger partial charge is 0.206 e. The quantitative estimate of drug-likeness (QED) is 0.728. The van der Waals surface area contributed by atoms with Crippen molar-refractivity contribution in [3.05, 3.63) is 59.9 Å². The summed E-state index contributed by atoms with van der Waals surface area (Å²) >= 11 is 0. The van der Waals surface area contributed by atoms with E-state index < -0.39 is 0 Å². The Kier molecular flexibility index (Phi) is 4.09. The highest BCUT2D eigenvalue weighted by Gasteiger charge is 2.03. The van der Waals surface area contributed by atoms with Gasteiger partial charge >= 0.3 is 0 Å². The Bertz CT molecular complexity index is 552. The average Bonchev–Trinajstić information content (AvgIpc) is 2.41. The molecule has 0 radical (unpaired) electrons. The summed E-state index contributed by atoms with van der Waals surface area (Å²) < 4.78 is 13.6. The van der Waals surface area contributed by atoms with Crippen molar-refractivity contribution >= 4 is 0 Å². The Balaban J connectivity index is 2.13. The molecule has 2 aromatic rings. The van der Waals surface area contributed by atoms with Crippen molar-refractivity contribution in [3.63, 3.8) is 0 Å². The monoisotopic (exact) mass is 239 g/mol. The smallest absolute Gasteiger partial charge is 0.131 e. The predicted octanol–water partition coefficient (Wildman–Crippen LogP) is 4.34. The lowest BCUT2D eigenvalue weighted by atomic mass is 10.0. The van der Waals surface area contributed by atoms with Gasteiger partial charge in [0.15, 0.2) is 0 Å². The number of benzene rings is 2. The van der Waals surface area contributed by atoms with Crippen LogP contribution < -0.4 is 0 Å². The van der Waals surface area contributed by atoms with Crippen molar-refractivity contribution in [3.8, 4) is 17.2 Å². The first kappa shape index (κ1) is 12.3. The van der Waals surface area contributed by atoms with Gasteiger partial charge in [0.1, 0.15) is 5.82 Å². The van der Waals surface area contributed by atoms with Gasteiger partial charge in [-0.05, 0) is 30.0 Å². The van der Waals surface area contributed by atoms with Crippen LogP contribution in [0, 0.1) is 17.1 Å². The maximum absolute atomic E-state index is 13.6. The molecule has 0 N–H and O–H groups in total.